The number of fused-ring (bicyclic) bond motifs is 1. The second-order valence-corrected chi connectivity index (χ2v) is 7.85. The van der Waals surface area contributed by atoms with Gasteiger partial charge in [0, 0.05) is 22.7 Å². The summed E-state index contributed by atoms with van der Waals surface area (Å²) in [5.41, 5.74) is 9.36. The fraction of sp³-hybridized carbons (Fsp3) is 0.217. The molecular formula is C23H18N8. The third kappa shape index (κ3) is 3.15. The summed E-state index contributed by atoms with van der Waals surface area (Å²) in [5.74, 6) is 0.382. The molecule has 1 aliphatic rings. The van der Waals surface area contributed by atoms with Crippen molar-refractivity contribution in [3.8, 4) is 34.7 Å². The van der Waals surface area contributed by atoms with E-state index in [1.807, 2.05) is 36.4 Å². The maximum Gasteiger partial charge on any atom is 0.124 e. The van der Waals surface area contributed by atoms with Gasteiger partial charge in [-0.2, -0.15) is 25.5 Å². The molecule has 8 heteroatoms. The lowest BCUT2D eigenvalue weighted by molar-refractivity contribution is 0.0713. The quantitative estimate of drug-likeness (QED) is 0.547. The van der Waals surface area contributed by atoms with E-state index >= 15 is 0 Å². The van der Waals surface area contributed by atoms with Crippen LogP contribution in [0.5, 0.6) is 0 Å². The van der Waals surface area contributed by atoms with Gasteiger partial charge in [-0.25, -0.2) is 4.98 Å². The molecule has 0 amide bonds. The molecule has 1 fully saturated rings. The molecule has 3 aromatic heterocycles. The number of nitrogens with zero attached hydrogens (tertiary/aromatic N) is 7. The first-order valence-electron chi connectivity index (χ1n) is 9.93. The zero-order valence-corrected chi connectivity index (χ0v) is 16.6. The number of nitrogens with two attached hydrogens (primary N) is 1. The van der Waals surface area contributed by atoms with Gasteiger partial charge in [-0.3, -0.25) is 4.98 Å². The molecular weight excluding hydrogens is 388 g/mol. The number of hydrogen-bond donors (Lipinski definition) is 1. The molecule has 0 spiro atoms. The first-order chi connectivity index (χ1) is 15.1. The first-order valence-corrected chi connectivity index (χ1v) is 9.93. The summed E-state index contributed by atoms with van der Waals surface area (Å²) in [7, 11) is 0. The van der Waals surface area contributed by atoms with E-state index in [2.05, 4.69) is 27.2 Å². The molecule has 1 aliphatic carbocycles. The van der Waals surface area contributed by atoms with Crippen LogP contribution in [-0.2, 0) is 5.54 Å². The molecule has 31 heavy (non-hydrogen) atoms. The Balaban J connectivity index is 1.63. The molecule has 4 aromatic rings. The van der Waals surface area contributed by atoms with E-state index in [0.29, 0.717) is 24.4 Å². The topological polar surface area (TPSA) is 130 Å². The number of aromatic nitrogens is 5. The molecule has 0 aliphatic heterocycles. The summed E-state index contributed by atoms with van der Waals surface area (Å²) in [6.45, 7) is 0. The Morgan fingerprint density at radius 3 is 2.77 bits per heavy atom. The van der Waals surface area contributed by atoms with Crippen LogP contribution in [0.4, 0.5) is 5.82 Å². The van der Waals surface area contributed by atoms with Crippen molar-refractivity contribution in [2.24, 2.45) is 5.92 Å². The van der Waals surface area contributed by atoms with Gasteiger partial charge in [0.1, 0.15) is 11.5 Å². The highest BCUT2D eigenvalue weighted by Crippen LogP contribution is 2.45. The number of benzene rings is 1. The average molecular weight is 406 g/mol. The first kappa shape index (κ1) is 18.7. The van der Waals surface area contributed by atoms with Crippen molar-refractivity contribution in [3.05, 3.63) is 54.9 Å². The second-order valence-electron chi connectivity index (χ2n) is 7.85. The van der Waals surface area contributed by atoms with Gasteiger partial charge in [0.2, 0.25) is 0 Å². The predicted molar refractivity (Wildman–Crippen MR) is 115 cm³/mol. The van der Waals surface area contributed by atoms with Gasteiger partial charge in [0.15, 0.2) is 0 Å². The predicted octanol–water partition coefficient (Wildman–Crippen LogP) is 3.68. The van der Waals surface area contributed by atoms with Gasteiger partial charge in [-0.15, -0.1) is 0 Å². The molecule has 0 saturated heterocycles. The summed E-state index contributed by atoms with van der Waals surface area (Å²) < 4.78 is 0. The largest absolute Gasteiger partial charge is 0.384 e. The highest BCUT2D eigenvalue weighted by Gasteiger charge is 2.48. The van der Waals surface area contributed by atoms with Crippen LogP contribution in [0.1, 0.15) is 19.3 Å². The average Bonchev–Trinajstić information content (AvgIpc) is 3.25. The molecule has 5 rings (SSSR count). The maximum atomic E-state index is 9.31. The molecule has 0 radical (unpaired) electrons. The number of nitrogen functional groups attached to an aromatic ring is 1. The molecule has 2 N–H and O–H groups in total. The van der Waals surface area contributed by atoms with Gasteiger partial charge < -0.3 is 5.73 Å². The third-order valence-electron chi connectivity index (χ3n) is 5.82. The van der Waals surface area contributed by atoms with Crippen molar-refractivity contribution in [2.75, 3.05) is 5.73 Å². The molecule has 3 heterocycles. The molecule has 150 valence electrons. The highest BCUT2D eigenvalue weighted by atomic mass is 15.5. The lowest BCUT2D eigenvalue weighted by atomic mass is 9.68. The van der Waals surface area contributed by atoms with E-state index in [0.717, 1.165) is 27.7 Å². The van der Waals surface area contributed by atoms with Crippen molar-refractivity contribution in [2.45, 2.75) is 24.8 Å². The summed E-state index contributed by atoms with van der Waals surface area (Å²) >= 11 is 0. The van der Waals surface area contributed by atoms with E-state index in [1.165, 1.54) is 0 Å². The minimum absolute atomic E-state index is 0.0641. The SMILES string of the molecule is N#CC[C@]1(n2ncc(-c3cc(-c4cccc(N)n4)cc4ncccc34)n2)C[C@@H](C#N)C1. The van der Waals surface area contributed by atoms with Crippen LogP contribution in [0.3, 0.4) is 0 Å². The molecule has 1 aromatic carbocycles. The smallest absolute Gasteiger partial charge is 0.124 e. The molecule has 8 nitrogen and oxygen atoms in total. The second kappa shape index (κ2) is 7.19. The van der Waals surface area contributed by atoms with Gasteiger partial charge in [0.25, 0.3) is 0 Å². The standard InChI is InChI=1S/C23H18N8/c24-7-6-23(11-15(12-23)13-25)31-28-14-21(30-31)18-9-16(19-4-1-5-22(26)29-19)10-20-17(18)3-2-8-27-20/h1-5,8-10,14-15H,6,11-12H2,(H2,26,29)/t15-,23+. The van der Waals surface area contributed by atoms with Crippen LogP contribution >= 0.6 is 0 Å². The Bertz CT molecular complexity index is 1370. The number of pyridine rings is 2. The summed E-state index contributed by atoms with van der Waals surface area (Å²) in [6.07, 6.45) is 4.89. The van der Waals surface area contributed by atoms with Crippen molar-refractivity contribution >= 4 is 16.7 Å². The van der Waals surface area contributed by atoms with Gasteiger partial charge in [0.05, 0.1) is 47.4 Å². The fourth-order valence-electron chi connectivity index (χ4n) is 4.24. The minimum Gasteiger partial charge on any atom is -0.384 e. The molecule has 1 saturated carbocycles. The van der Waals surface area contributed by atoms with Crippen LogP contribution in [0.15, 0.2) is 54.9 Å². The maximum absolute atomic E-state index is 9.31. The van der Waals surface area contributed by atoms with Crippen molar-refractivity contribution in [1.29, 1.82) is 10.5 Å². The van der Waals surface area contributed by atoms with E-state index in [9.17, 15) is 10.5 Å². The summed E-state index contributed by atoms with van der Waals surface area (Å²) in [4.78, 5) is 10.6. The van der Waals surface area contributed by atoms with Crippen molar-refractivity contribution < 1.29 is 0 Å². The van der Waals surface area contributed by atoms with Crippen LogP contribution in [0.25, 0.3) is 33.4 Å². The van der Waals surface area contributed by atoms with Crippen LogP contribution < -0.4 is 5.73 Å². The number of rotatable bonds is 4. The minimum atomic E-state index is -0.519. The van der Waals surface area contributed by atoms with Gasteiger partial charge >= 0.3 is 0 Å². The Morgan fingerprint density at radius 1 is 1.13 bits per heavy atom. The van der Waals surface area contributed by atoms with Crippen molar-refractivity contribution in [3.63, 3.8) is 0 Å². The van der Waals surface area contributed by atoms with E-state index in [-0.39, 0.29) is 12.3 Å². The highest BCUT2D eigenvalue weighted by molar-refractivity contribution is 5.96. The van der Waals surface area contributed by atoms with Gasteiger partial charge in [-0.1, -0.05) is 12.1 Å². The fourth-order valence-corrected chi connectivity index (χ4v) is 4.24. The Labute approximate surface area is 178 Å². The number of hydrogen-bond acceptors (Lipinski definition) is 7. The number of anilines is 1. The lowest BCUT2D eigenvalue weighted by Gasteiger charge is -2.42. The summed E-state index contributed by atoms with van der Waals surface area (Å²) in [6, 6.07) is 17.9. The van der Waals surface area contributed by atoms with Gasteiger partial charge in [-0.05, 0) is 43.2 Å². The van der Waals surface area contributed by atoms with Crippen LogP contribution in [0.2, 0.25) is 0 Å². The molecule has 0 atom stereocenters. The number of nitriles is 2. The zero-order valence-electron chi connectivity index (χ0n) is 16.6. The Kier molecular flexibility index (Phi) is 4.34. The summed E-state index contributed by atoms with van der Waals surface area (Å²) in [5, 5.41) is 28.7. The molecule has 0 bridgehead atoms. The lowest BCUT2D eigenvalue weighted by Crippen LogP contribution is -2.47. The Morgan fingerprint density at radius 2 is 2.00 bits per heavy atom. The van der Waals surface area contributed by atoms with Crippen molar-refractivity contribution in [1.82, 2.24) is 25.0 Å². The van der Waals surface area contributed by atoms with Crippen LogP contribution in [-0.4, -0.2) is 25.0 Å². The third-order valence-corrected chi connectivity index (χ3v) is 5.82. The zero-order chi connectivity index (χ0) is 21.4. The van der Waals surface area contributed by atoms with E-state index in [4.69, 9.17) is 10.8 Å². The monoisotopic (exact) mass is 406 g/mol. The molecule has 0 unspecified atom stereocenters. The Hall–Kier alpha value is -4.30. The van der Waals surface area contributed by atoms with E-state index < -0.39 is 5.54 Å². The van der Waals surface area contributed by atoms with Crippen LogP contribution in [0, 0.1) is 28.6 Å². The van der Waals surface area contributed by atoms with E-state index in [1.54, 1.807) is 23.3 Å². The normalized spacial score (nSPS) is 20.0.